The molecule has 0 unspecified atom stereocenters. The Labute approximate surface area is 146 Å². The number of phenols is 4. The first kappa shape index (κ1) is 15.8. The number of benzene rings is 2. The molecular weight excluding hydrogens is 436 g/mol. The third-order valence-corrected chi connectivity index (χ3v) is 4.75. The van der Waals surface area contributed by atoms with Crippen molar-refractivity contribution in [3.8, 4) is 28.7 Å². The van der Waals surface area contributed by atoms with Gasteiger partial charge in [0.1, 0.15) is 38.4 Å². The molecule has 0 spiro atoms. The molecule has 0 aliphatic heterocycles. The Morgan fingerprint density at radius 1 is 0.870 bits per heavy atom. The van der Waals surface area contributed by atoms with E-state index in [1.807, 2.05) is 0 Å². The maximum Gasteiger partial charge on any atom is 0.169 e. The van der Waals surface area contributed by atoms with Gasteiger partial charge in [0.25, 0.3) is 0 Å². The molecule has 0 saturated carbocycles. The summed E-state index contributed by atoms with van der Waals surface area (Å²) in [6, 6.07) is 3.84. The third kappa shape index (κ3) is 2.57. The zero-order chi connectivity index (χ0) is 16.9. The van der Waals surface area contributed by atoms with Crippen LogP contribution in [0.5, 0.6) is 28.7 Å². The van der Waals surface area contributed by atoms with E-state index in [4.69, 9.17) is 4.42 Å². The van der Waals surface area contributed by atoms with Crippen LogP contribution in [-0.4, -0.2) is 25.5 Å². The predicted molar refractivity (Wildman–Crippen MR) is 89.2 cm³/mol. The average Bonchev–Trinajstić information content (AvgIpc) is 2.78. The Kier molecular flexibility index (Phi) is 3.81. The van der Waals surface area contributed by atoms with Gasteiger partial charge in [-0.3, -0.25) is 0 Å². The summed E-state index contributed by atoms with van der Waals surface area (Å²) < 4.78 is 5.92. The molecule has 0 bridgehead atoms. The van der Waals surface area contributed by atoms with E-state index in [0.717, 1.165) is 6.07 Å². The number of hydrogen-bond donors (Lipinski definition) is 5. The van der Waals surface area contributed by atoms with Crippen molar-refractivity contribution in [2.24, 2.45) is 0 Å². The summed E-state index contributed by atoms with van der Waals surface area (Å²) in [4.78, 5) is 0. The van der Waals surface area contributed by atoms with Crippen LogP contribution in [0.4, 0.5) is 0 Å². The fourth-order valence-electron chi connectivity index (χ4n) is 2.30. The number of phenolic OH excluding ortho intramolecular Hbond substituents is 4. The summed E-state index contributed by atoms with van der Waals surface area (Å²) in [5.74, 6) is -1.05. The zero-order valence-corrected chi connectivity index (χ0v) is 14.5. The molecule has 5 N–H and O–H groups in total. The van der Waals surface area contributed by atoms with Gasteiger partial charge in [-0.25, -0.2) is 0 Å². The van der Waals surface area contributed by atoms with Crippen LogP contribution in [0.3, 0.4) is 0 Å². The molecule has 23 heavy (non-hydrogen) atoms. The van der Waals surface area contributed by atoms with E-state index in [1.54, 1.807) is 0 Å². The number of halogens is 2. The van der Waals surface area contributed by atoms with Gasteiger partial charge in [-0.15, -0.1) is 0 Å². The van der Waals surface area contributed by atoms with Gasteiger partial charge in [0.15, 0.2) is 11.5 Å². The van der Waals surface area contributed by atoms with Crippen LogP contribution in [0.15, 0.2) is 31.6 Å². The van der Waals surface area contributed by atoms with Gasteiger partial charge in [-0.1, -0.05) is 0 Å². The molecule has 2 aromatic carbocycles. The number of furan rings is 1. The van der Waals surface area contributed by atoms with E-state index in [1.165, 1.54) is 12.1 Å². The van der Waals surface area contributed by atoms with Crippen molar-refractivity contribution in [3.05, 3.63) is 38.5 Å². The second-order valence-electron chi connectivity index (χ2n) is 4.92. The lowest BCUT2D eigenvalue weighted by molar-refractivity contribution is 0.430. The molecule has 8 heteroatoms. The van der Waals surface area contributed by atoms with Crippen molar-refractivity contribution in [1.29, 1.82) is 0 Å². The highest BCUT2D eigenvalue weighted by Crippen LogP contribution is 2.45. The Hall–Kier alpha value is -2.06. The molecule has 120 valence electrons. The highest BCUT2D eigenvalue weighted by molar-refractivity contribution is 9.11. The summed E-state index contributed by atoms with van der Waals surface area (Å²) in [7, 11) is 0. The number of rotatable bonds is 2. The van der Waals surface area contributed by atoms with Gasteiger partial charge in [0, 0.05) is 24.1 Å². The molecule has 3 aromatic rings. The van der Waals surface area contributed by atoms with Crippen molar-refractivity contribution in [2.75, 3.05) is 0 Å². The van der Waals surface area contributed by atoms with Gasteiger partial charge in [-0.2, -0.15) is 0 Å². The first-order valence-electron chi connectivity index (χ1n) is 6.34. The normalized spacial score (nSPS) is 11.2. The highest BCUT2D eigenvalue weighted by Gasteiger charge is 2.21. The maximum atomic E-state index is 10.2. The van der Waals surface area contributed by atoms with Crippen molar-refractivity contribution >= 4 is 42.8 Å². The van der Waals surface area contributed by atoms with E-state index in [-0.39, 0.29) is 56.4 Å². The minimum atomic E-state index is -0.315. The molecule has 1 heterocycles. The second-order valence-corrected chi connectivity index (χ2v) is 6.56. The largest absolute Gasteiger partial charge is 0.508 e. The van der Waals surface area contributed by atoms with Gasteiger partial charge < -0.3 is 29.9 Å². The van der Waals surface area contributed by atoms with Gasteiger partial charge in [0.05, 0.1) is 4.47 Å². The molecule has 0 radical (unpaired) electrons. The molecule has 6 nitrogen and oxygen atoms in total. The van der Waals surface area contributed by atoms with Crippen LogP contribution in [0.1, 0.15) is 11.3 Å². The van der Waals surface area contributed by atoms with Crippen LogP contribution in [0.25, 0.3) is 11.0 Å². The SMILES string of the molecule is Oc1cc(O)c2c(O)c(Cc3cc(Br)c(O)c(Br)c3O)oc2c1. The smallest absolute Gasteiger partial charge is 0.169 e. The first-order chi connectivity index (χ1) is 10.8. The fraction of sp³-hybridized carbons (Fsp3) is 0.0667. The topological polar surface area (TPSA) is 114 Å². The Bertz CT molecular complexity index is 932. The average molecular weight is 446 g/mol. The molecule has 0 aliphatic rings. The summed E-state index contributed by atoms with van der Waals surface area (Å²) >= 11 is 6.23. The Morgan fingerprint density at radius 3 is 2.26 bits per heavy atom. The number of aromatic hydroxyl groups is 5. The van der Waals surface area contributed by atoms with Crippen LogP contribution < -0.4 is 0 Å². The van der Waals surface area contributed by atoms with E-state index in [0.29, 0.717) is 10.0 Å². The number of fused-ring (bicyclic) bond motifs is 1. The second kappa shape index (κ2) is 5.54. The lowest BCUT2D eigenvalue weighted by Gasteiger charge is -2.08. The van der Waals surface area contributed by atoms with E-state index < -0.39 is 0 Å². The van der Waals surface area contributed by atoms with E-state index >= 15 is 0 Å². The van der Waals surface area contributed by atoms with Gasteiger partial charge in [-0.05, 0) is 37.9 Å². The minimum absolute atomic E-state index is 0.00400. The molecule has 0 amide bonds. The van der Waals surface area contributed by atoms with Crippen LogP contribution in [0, 0.1) is 0 Å². The van der Waals surface area contributed by atoms with Crippen molar-refractivity contribution in [2.45, 2.75) is 6.42 Å². The summed E-state index contributed by atoms with van der Waals surface area (Å²) in [5.41, 5.74) is 0.492. The monoisotopic (exact) mass is 444 g/mol. The van der Waals surface area contributed by atoms with Gasteiger partial charge in [0.2, 0.25) is 0 Å². The van der Waals surface area contributed by atoms with Crippen LogP contribution in [-0.2, 0) is 6.42 Å². The Balaban J connectivity index is 2.13. The standard InChI is InChI=1S/C15H10Br2O6/c16-7-1-5(13(20)12(17)14(7)21)2-10-15(22)11-8(19)3-6(18)4-9(11)23-10/h1,3-4,18-22H,2H2. The Morgan fingerprint density at radius 2 is 1.57 bits per heavy atom. The highest BCUT2D eigenvalue weighted by atomic mass is 79.9. The fourth-order valence-corrected chi connectivity index (χ4v) is 3.51. The number of hydrogen-bond acceptors (Lipinski definition) is 6. The molecular formula is C15H10Br2O6. The lowest BCUT2D eigenvalue weighted by Crippen LogP contribution is -1.89. The summed E-state index contributed by atoms with van der Waals surface area (Å²) in [5, 5.41) is 49.4. The van der Waals surface area contributed by atoms with Crippen molar-refractivity contribution in [1.82, 2.24) is 0 Å². The molecule has 3 rings (SSSR count). The third-order valence-electron chi connectivity index (χ3n) is 3.40. The summed E-state index contributed by atoms with van der Waals surface area (Å²) in [6.07, 6.45) is 0.00400. The zero-order valence-electron chi connectivity index (χ0n) is 11.3. The quantitative estimate of drug-likeness (QED) is 0.406. The van der Waals surface area contributed by atoms with E-state index in [2.05, 4.69) is 31.9 Å². The molecule has 0 aliphatic carbocycles. The van der Waals surface area contributed by atoms with Crippen molar-refractivity contribution in [3.63, 3.8) is 0 Å². The molecule has 0 fully saturated rings. The van der Waals surface area contributed by atoms with E-state index in [9.17, 15) is 25.5 Å². The first-order valence-corrected chi connectivity index (χ1v) is 7.93. The van der Waals surface area contributed by atoms with Crippen LogP contribution in [0.2, 0.25) is 0 Å². The van der Waals surface area contributed by atoms with Crippen LogP contribution >= 0.6 is 31.9 Å². The summed E-state index contributed by atoms with van der Waals surface area (Å²) in [6.45, 7) is 0. The van der Waals surface area contributed by atoms with Crippen molar-refractivity contribution < 1.29 is 29.9 Å². The predicted octanol–water partition coefficient (Wildman–Crippen LogP) is 4.08. The molecule has 1 aromatic heterocycles. The lowest BCUT2D eigenvalue weighted by atomic mass is 10.1. The minimum Gasteiger partial charge on any atom is -0.508 e. The molecule has 0 saturated heterocycles. The molecule has 0 atom stereocenters. The maximum absolute atomic E-state index is 10.2. The van der Waals surface area contributed by atoms with Gasteiger partial charge >= 0.3 is 0 Å².